The minimum Gasteiger partial charge on any atom is -0.480 e. The fraction of sp³-hybridized carbons (Fsp3) is 0.941. The molecule has 21 heavy (non-hydrogen) atoms. The molecule has 0 aliphatic carbocycles. The SMILES string of the molecule is CCCNC(CC)(CCCN1CCC(C)(C)CC1)C(=O)O. The summed E-state index contributed by atoms with van der Waals surface area (Å²) >= 11 is 0. The van der Waals surface area contributed by atoms with Crippen LogP contribution in [0.5, 0.6) is 0 Å². The van der Waals surface area contributed by atoms with Crippen molar-refractivity contribution >= 4 is 5.97 Å². The van der Waals surface area contributed by atoms with Crippen molar-refractivity contribution in [2.24, 2.45) is 5.41 Å². The largest absolute Gasteiger partial charge is 0.480 e. The molecular weight excluding hydrogens is 264 g/mol. The molecule has 0 spiro atoms. The van der Waals surface area contributed by atoms with Crippen LogP contribution in [0.15, 0.2) is 0 Å². The predicted molar refractivity (Wildman–Crippen MR) is 87.6 cm³/mol. The number of aliphatic carboxylic acids is 1. The fourth-order valence-electron chi connectivity index (χ4n) is 3.07. The zero-order chi connectivity index (χ0) is 15.9. The number of carbonyl (C=O) groups is 1. The third kappa shape index (κ3) is 5.59. The Balaban J connectivity index is 2.41. The molecule has 1 atom stereocenters. The molecule has 1 unspecified atom stereocenters. The third-order valence-corrected chi connectivity index (χ3v) is 5.01. The maximum atomic E-state index is 11.6. The highest BCUT2D eigenvalue weighted by Gasteiger charge is 2.35. The van der Waals surface area contributed by atoms with Crippen LogP contribution in [0.25, 0.3) is 0 Å². The first-order chi connectivity index (χ1) is 9.85. The van der Waals surface area contributed by atoms with Crippen LogP contribution in [0, 0.1) is 5.41 Å². The van der Waals surface area contributed by atoms with Crippen molar-refractivity contribution in [1.82, 2.24) is 10.2 Å². The molecule has 1 aliphatic rings. The minimum absolute atomic E-state index is 0.480. The van der Waals surface area contributed by atoms with Gasteiger partial charge in [0.25, 0.3) is 0 Å². The molecule has 0 saturated carbocycles. The van der Waals surface area contributed by atoms with Crippen LogP contribution >= 0.6 is 0 Å². The predicted octanol–water partition coefficient (Wildman–Crippen LogP) is 3.12. The van der Waals surface area contributed by atoms with Gasteiger partial charge in [0.2, 0.25) is 0 Å². The second kappa shape index (κ2) is 8.14. The molecule has 2 N–H and O–H groups in total. The van der Waals surface area contributed by atoms with Crippen LogP contribution in [0.2, 0.25) is 0 Å². The van der Waals surface area contributed by atoms with Crippen LogP contribution in [0.4, 0.5) is 0 Å². The maximum Gasteiger partial charge on any atom is 0.323 e. The van der Waals surface area contributed by atoms with Crippen LogP contribution < -0.4 is 5.32 Å². The van der Waals surface area contributed by atoms with Gasteiger partial charge in [-0.15, -0.1) is 0 Å². The lowest BCUT2D eigenvalue weighted by Gasteiger charge is -2.37. The van der Waals surface area contributed by atoms with E-state index in [0.29, 0.717) is 11.8 Å². The number of rotatable bonds is 9. The summed E-state index contributed by atoms with van der Waals surface area (Å²) in [4.78, 5) is 14.1. The lowest BCUT2D eigenvalue weighted by atomic mass is 9.82. The van der Waals surface area contributed by atoms with Crippen molar-refractivity contribution in [3.63, 3.8) is 0 Å². The van der Waals surface area contributed by atoms with Gasteiger partial charge in [-0.3, -0.25) is 4.79 Å². The van der Waals surface area contributed by atoms with Gasteiger partial charge >= 0.3 is 5.97 Å². The quantitative estimate of drug-likeness (QED) is 0.687. The van der Waals surface area contributed by atoms with Gasteiger partial charge in [-0.2, -0.15) is 0 Å². The molecule has 4 heteroatoms. The Hall–Kier alpha value is -0.610. The summed E-state index contributed by atoms with van der Waals surface area (Å²) in [6.07, 6.45) is 5.79. The molecule has 1 fully saturated rings. The van der Waals surface area contributed by atoms with Crippen molar-refractivity contribution in [3.05, 3.63) is 0 Å². The Labute approximate surface area is 130 Å². The molecular formula is C17H34N2O2. The summed E-state index contributed by atoms with van der Waals surface area (Å²) in [6.45, 7) is 12.8. The zero-order valence-electron chi connectivity index (χ0n) is 14.4. The topological polar surface area (TPSA) is 52.6 Å². The summed E-state index contributed by atoms with van der Waals surface area (Å²) in [5.74, 6) is -0.696. The molecule has 0 amide bonds. The molecule has 1 rings (SSSR count). The number of carboxylic acid groups (broad SMARTS) is 1. The minimum atomic E-state index is -0.731. The molecule has 0 aromatic heterocycles. The highest BCUT2D eigenvalue weighted by atomic mass is 16.4. The van der Waals surface area contributed by atoms with Gasteiger partial charge in [0.05, 0.1) is 0 Å². The van der Waals surface area contributed by atoms with E-state index in [0.717, 1.165) is 45.4 Å². The molecule has 124 valence electrons. The third-order valence-electron chi connectivity index (χ3n) is 5.01. The highest BCUT2D eigenvalue weighted by molar-refractivity contribution is 5.78. The van der Waals surface area contributed by atoms with Crippen LogP contribution in [-0.2, 0) is 4.79 Å². The van der Waals surface area contributed by atoms with Crippen molar-refractivity contribution in [1.29, 1.82) is 0 Å². The lowest BCUT2D eigenvalue weighted by molar-refractivity contribution is -0.145. The Morgan fingerprint density at radius 2 is 1.90 bits per heavy atom. The van der Waals surface area contributed by atoms with Crippen molar-refractivity contribution in [2.45, 2.75) is 71.8 Å². The second-order valence-corrected chi connectivity index (χ2v) is 7.28. The standard InChI is InChI=1S/C17H34N2O2/c1-5-11-18-17(6-2,15(20)21)8-7-12-19-13-9-16(3,4)10-14-19/h18H,5-14H2,1-4H3,(H,20,21). The second-order valence-electron chi connectivity index (χ2n) is 7.28. The van der Waals surface area contributed by atoms with E-state index in [1.54, 1.807) is 0 Å². The van der Waals surface area contributed by atoms with Gasteiger partial charge in [-0.25, -0.2) is 0 Å². The van der Waals surface area contributed by atoms with Crippen molar-refractivity contribution < 1.29 is 9.90 Å². The van der Waals surface area contributed by atoms with E-state index in [1.165, 1.54) is 12.8 Å². The van der Waals surface area contributed by atoms with E-state index in [4.69, 9.17) is 0 Å². The Morgan fingerprint density at radius 3 is 2.38 bits per heavy atom. The summed E-state index contributed by atoms with van der Waals surface area (Å²) in [5.41, 5.74) is -0.251. The molecule has 0 aromatic carbocycles. The number of carboxylic acids is 1. The Morgan fingerprint density at radius 1 is 1.29 bits per heavy atom. The monoisotopic (exact) mass is 298 g/mol. The van der Waals surface area contributed by atoms with E-state index >= 15 is 0 Å². The summed E-state index contributed by atoms with van der Waals surface area (Å²) in [7, 11) is 0. The first kappa shape index (κ1) is 18.4. The van der Waals surface area contributed by atoms with Gasteiger partial charge in [-0.05, 0) is 70.1 Å². The first-order valence-electron chi connectivity index (χ1n) is 8.56. The van der Waals surface area contributed by atoms with Crippen LogP contribution in [0.3, 0.4) is 0 Å². The average molecular weight is 298 g/mol. The van der Waals surface area contributed by atoms with E-state index < -0.39 is 11.5 Å². The number of nitrogens with zero attached hydrogens (tertiary/aromatic N) is 1. The summed E-state index contributed by atoms with van der Waals surface area (Å²) in [6, 6.07) is 0. The van der Waals surface area contributed by atoms with Gasteiger partial charge in [0.15, 0.2) is 0 Å². The lowest BCUT2D eigenvalue weighted by Crippen LogP contribution is -2.52. The number of hydrogen-bond acceptors (Lipinski definition) is 3. The number of hydrogen-bond donors (Lipinski definition) is 2. The highest BCUT2D eigenvalue weighted by Crippen LogP contribution is 2.30. The van der Waals surface area contributed by atoms with E-state index in [1.807, 2.05) is 6.92 Å². The van der Waals surface area contributed by atoms with E-state index in [9.17, 15) is 9.90 Å². The van der Waals surface area contributed by atoms with Crippen LogP contribution in [-0.4, -0.2) is 47.7 Å². The first-order valence-corrected chi connectivity index (χ1v) is 8.56. The van der Waals surface area contributed by atoms with Crippen LogP contribution in [0.1, 0.15) is 66.2 Å². The van der Waals surface area contributed by atoms with E-state index in [-0.39, 0.29) is 0 Å². The van der Waals surface area contributed by atoms with Gasteiger partial charge in [0, 0.05) is 0 Å². The molecule has 0 aromatic rings. The number of likely N-dealkylation sites (tertiary alicyclic amines) is 1. The molecule has 0 radical (unpaired) electrons. The Bertz CT molecular complexity index is 321. The maximum absolute atomic E-state index is 11.6. The van der Waals surface area contributed by atoms with Crippen molar-refractivity contribution in [3.8, 4) is 0 Å². The normalized spacial score (nSPS) is 21.9. The fourth-order valence-corrected chi connectivity index (χ4v) is 3.07. The van der Waals surface area contributed by atoms with Crippen molar-refractivity contribution in [2.75, 3.05) is 26.2 Å². The van der Waals surface area contributed by atoms with E-state index in [2.05, 4.69) is 31.0 Å². The zero-order valence-corrected chi connectivity index (χ0v) is 14.4. The molecule has 1 saturated heterocycles. The molecule has 4 nitrogen and oxygen atoms in total. The molecule has 1 aliphatic heterocycles. The Kier molecular flexibility index (Phi) is 7.14. The molecule has 1 heterocycles. The molecule has 0 bridgehead atoms. The number of piperidine rings is 1. The van der Waals surface area contributed by atoms with Gasteiger partial charge < -0.3 is 15.3 Å². The smallest absolute Gasteiger partial charge is 0.323 e. The number of nitrogens with one attached hydrogen (secondary N) is 1. The summed E-state index contributed by atoms with van der Waals surface area (Å²) < 4.78 is 0. The van der Waals surface area contributed by atoms with Gasteiger partial charge in [-0.1, -0.05) is 27.7 Å². The summed E-state index contributed by atoms with van der Waals surface area (Å²) in [5, 5.41) is 12.8. The van der Waals surface area contributed by atoms with Gasteiger partial charge in [0.1, 0.15) is 5.54 Å². The average Bonchev–Trinajstić information content (AvgIpc) is 2.44.